The van der Waals surface area contributed by atoms with Crippen molar-refractivity contribution in [3.05, 3.63) is 23.7 Å². The molecule has 0 saturated heterocycles. The molecule has 0 fully saturated rings. The fraction of sp³-hybridized carbons (Fsp3) is 0.417. The summed E-state index contributed by atoms with van der Waals surface area (Å²) in [4.78, 5) is 1.49. The third-order valence-corrected chi connectivity index (χ3v) is 5.25. The fourth-order valence-corrected chi connectivity index (χ4v) is 3.96. The Balaban J connectivity index is 2.07. The number of H-pyrrole nitrogens is 1. The van der Waals surface area contributed by atoms with Crippen molar-refractivity contribution in [3.63, 3.8) is 0 Å². The Morgan fingerprint density at radius 3 is 2.70 bits per heavy atom. The molecule has 0 spiro atoms. The van der Waals surface area contributed by atoms with E-state index in [2.05, 4.69) is 5.10 Å². The zero-order valence-corrected chi connectivity index (χ0v) is 13.0. The molecule has 0 amide bonds. The van der Waals surface area contributed by atoms with Crippen LogP contribution in [0.4, 0.5) is 18.9 Å². The Hall–Kier alpha value is -2.17. The summed E-state index contributed by atoms with van der Waals surface area (Å²) in [5.41, 5.74) is -0.460. The van der Waals surface area contributed by atoms with Crippen LogP contribution in [0, 0.1) is 6.92 Å². The Morgan fingerprint density at radius 2 is 2.09 bits per heavy atom. The van der Waals surface area contributed by atoms with Crippen LogP contribution in [-0.4, -0.2) is 36.3 Å². The fourth-order valence-electron chi connectivity index (χ4n) is 2.47. The summed E-state index contributed by atoms with van der Waals surface area (Å²) in [6.45, 7) is 1.68. The number of halogens is 3. The molecule has 0 bridgehead atoms. The van der Waals surface area contributed by atoms with Crippen LogP contribution in [-0.2, 0) is 23.2 Å². The molecule has 2 aromatic rings. The zero-order valence-electron chi connectivity index (χ0n) is 12.2. The maximum Gasteiger partial charge on any atom is 0.431 e. The topological polar surface area (TPSA) is 80.2 Å². The summed E-state index contributed by atoms with van der Waals surface area (Å²) in [7, 11) is -2.56. The maximum absolute atomic E-state index is 12.7. The van der Waals surface area contributed by atoms with Crippen molar-refractivity contribution in [2.75, 3.05) is 17.5 Å². The van der Waals surface area contributed by atoms with Crippen molar-refractivity contribution in [1.29, 1.82) is 0 Å². The second-order valence-electron chi connectivity index (χ2n) is 5.04. The molecule has 2 aromatic heterocycles. The van der Waals surface area contributed by atoms with Gasteiger partial charge in [0.1, 0.15) is 22.9 Å². The number of nitrogens with one attached hydrogen (secondary N) is 1. The number of aryl methyl sites for hydroxylation is 2. The number of aromatic nitrogens is 3. The van der Waals surface area contributed by atoms with Crippen molar-refractivity contribution in [1.82, 2.24) is 14.8 Å². The number of anilines is 1. The van der Waals surface area contributed by atoms with E-state index < -0.39 is 26.8 Å². The monoisotopic (exact) mass is 350 g/mol. The second kappa shape index (κ2) is 4.91. The molecule has 126 valence electrons. The molecule has 3 heterocycles. The van der Waals surface area contributed by atoms with E-state index in [9.17, 15) is 21.6 Å². The lowest BCUT2D eigenvalue weighted by molar-refractivity contribution is -0.140. The average molecular weight is 350 g/mol. The first-order valence-electron chi connectivity index (χ1n) is 6.57. The van der Waals surface area contributed by atoms with Crippen LogP contribution in [0.25, 0.3) is 0 Å². The van der Waals surface area contributed by atoms with Gasteiger partial charge in [0, 0.05) is 13.2 Å². The number of hydrogen-bond donors (Lipinski definition) is 1. The highest BCUT2D eigenvalue weighted by Crippen LogP contribution is 2.38. The molecule has 0 aliphatic carbocycles. The number of rotatable bonds is 2. The van der Waals surface area contributed by atoms with Gasteiger partial charge in [0.25, 0.3) is 10.0 Å². The van der Waals surface area contributed by atoms with Gasteiger partial charge in [-0.1, -0.05) is 0 Å². The first-order chi connectivity index (χ1) is 10.6. The van der Waals surface area contributed by atoms with Gasteiger partial charge in [0.2, 0.25) is 5.88 Å². The molecule has 0 unspecified atom stereocenters. The van der Waals surface area contributed by atoms with Crippen LogP contribution >= 0.6 is 0 Å². The Bertz CT molecular complexity index is 854. The first-order valence-corrected chi connectivity index (χ1v) is 8.01. The molecule has 11 heteroatoms. The quantitative estimate of drug-likeness (QED) is 0.893. The molecule has 0 aromatic carbocycles. The maximum atomic E-state index is 12.7. The van der Waals surface area contributed by atoms with Gasteiger partial charge in [-0.3, -0.25) is 4.31 Å². The minimum absolute atomic E-state index is 0.00556. The molecule has 0 radical (unpaired) electrons. The molecule has 0 saturated carbocycles. The molecule has 0 atom stereocenters. The number of sulfonamides is 1. The highest BCUT2D eigenvalue weighted by atomic mass is 32.2. The normalized spacial score (nSPS) is 15.4. The van der Waals surface area contributed by atoms with Gasteiger partial charge < -0.3 is 9.72 Å². The van der Waals surface area contributed by atoms with Gasteiger partial charge in [0.15, 0.2) is 0 Å². The highest BCUT2D eigenvalue weighted by molar-refractivity contribution is 7.92. The van der Waals surface area contributed by atoms with E-state index in [1.54, 1.807) is 14.0 Å². The van der Waals surface area contributed by atoms with E-state index >= 15 is 0 Å². The average Bonchev–Trinajstić information content (AvgIpc) is 3.05. The van der Waals surface area contributed by atoms with Crippen molar-refractivity contribution in [3.8, 4) is 5.88 Å². The number of fused-ring (bicyclic) bond motifs is 1. The van der Waals surface area contributed by atoms with Gasteiger partial charge >= 0.3 is 6.18 Å². The van der Waals surface area contributed by atoms with Crippen LogP contribution in [0.5, 0.6) is 5.88 Å². The van der Waals surface area contributed by atoms with Gasteiger partial charge in [0.05, 0.1) is 12.2 Å². The first kappa shape index (κ1) is 15.7. The van der Waals surface area contributed by atoms with Gasteiger partial charge in [-0.15, -0.1) is 0 Å². The number of nitrogens with zero attached hydrogens (tertiary/aromatic N) is 3. The van der Waals surface area contributed by atoms with E-state index in [1.165, 1.54) is 4.68 Å². The predicted molar refractivity (Wildman–Crippen MR) is 73.8 cm³/mol. The molecule has 1 aliphatic rings. The van der Waals surface area contributed by atoms with Crippen LogP contribution in [0.15, 0.2) is 17.2 Å². The molecule has 1 aliphatic heterocycles. The minimum atomic E-state index is -4.64. The smallest absolute Gasteiger partial charge is 0.431 e. The standard InChI is InChI=1S/C12H13F3N4O3S/c1-7-10-11(18(2)17-7)22-4-3-19(10)23(20,21)8-5-9(16-6-8)12(13,14)15/h5-6,16H,3-4H2,1-2H3. The second-order valence-corrected chi connectivity index (χ2v) is 6.90. The molecule has 3 rings (SSSR count). The van der Waals surface area contributed by atoms with E-state index in [0.717, 1.165) is 10.5 Å². The number of hydrogen-bond acceptors (Lipinski definition) is 4. The molecule has 7 nitrogen and oxygen atoms in total. The van der Waals surface area contributed by atoms with Crippen molar-refractivity contribution in [2.45, 2.75) is 18.0 Å². The van der Waals surface area contributed by atoms with Gasteiger partial charge in [-0.2, -0.15) is 18.3 Å². The molecular formula is C12H13F3N4O3S. The Morgan fingerprint density at radius 1 is 1.39 bits per heavy atom. The van der Waals surface area contributed by atoms with Gasteiger partial charge in [-0.05, 0) is 13.0 Å². The van der Waals surface area contributed by atoms with E-state index in [0.29, 0.717) is 11.8 Å². The lowest BCUT2D eigenvalue weighted by Gasteiger charge is -2.28. The van der Waals surface area contributed by atoms with Crippen LogP contribution in [0.1, 0.15) is 11.4 Å². The summed E-state index contributed by atoms with van der Waals surface area (Å²) < 4.78 is 71.2. The van der Waals surface area contributed by atoms with E-state index in [1.807, 2.05) is 4.98 Å². The van der Waals surface area contributed by atoms with Gasteiger partial charge in [-0.25, -0.2) is 13.1 Å². The van der Waals surface area contributed by atoms with E-state index in [-0.39, 0.29) is 24.7 Å². The van der Waals surface area contributed by atoms with Crippen LogP contribution in [0.2, 0.25) is 0 Å². The van der Waals surface area contributed by atoms with Crippen LogP contribution < -0.4 is 9.04 Å². The third-order valence-electron chi connectivity index (χ3n) is 3.47. The minimum Gasteiger partial charge on any atom is -0.474 e. The predicted octanol–water partition coefficient (Wildman–Crippen LogP) is 1.66. The number of alkyl halides is 3. The number of aromatic amines is 1. The molecule has 1 N–H and O–H groups in total. The van der Waals surface area contributed by atoms with Crippen molar-refractivity contribution in [2.24, 2.45) is 7.05 Å². The third kappa shape index (κ3) is 2.44. The number of ether oxygens (including phenoxy) is 1. The lowest BCUT2D eigenvalue weighted by atomic mass is 10.3. The van der Waals surface area contributed by atoms with Crippen molar-refractivity contribution < 1.29 is 26.3 Å². The lowest BCUT2D eigenvalue weighted by Crippen LogP contribution is -2.38. The molecular weight excluding hydrogens is 337 g/mol. The Kier molecular flexibility index (Phi) is 3.36. The largest absolute Gasteiger partial charge is 0.474 e. The zero-order chi connectivity index (χ0) is 17.0. The highest BCUT2D eigenvalue weighted by Gasteiger charge is 2.38. The Labute approximate surface area is 129 Å². The molecule has 23 heavy (non-hydrogen) atoms. The summed E-state index contributed by atoms with van der Waals surface area (Å²) in [6, 6.07) is 0.580. The van der Waals surface area contributed by atoms with Crippen molar-refractivity contribution >= 4 is 15.7 Å². The summed E-state index contributed by atoms with van der Waals surface area (Å²) in [6.07, 6.45) is -3.81. The summed E-state index contributed by atoms with van der Waals surface area (Å²) >= 11 is 0. The van der Waals surface area contributed by atoms with Crippen LogP contribution in [0.3, 0.4) is 0 Å². The van der Waals surface area contributed by atoms with E-state index in [4.69, 9.17) is 4.74 Å². The summed E-state index contributed by atoms with van der Waals surface area (Å²) in [5.74, 6) is 0.268. The SMILES string of the molecule is Cc1nn(C)c2c1N(S(=O)(=O)c1c[nH]c(C(F)(F)F)c1)CCO2. The summed E-state index contributed by atoms with van der Waals surface area (Å²) in [5, 5.41) is 4.09.